The molecule has 2 N–H and O–H groups in total. The topological polar surface area (TPSA) is 46.3 Å². The normalized spacial score (nSPS) is 12.0. The smallest absolute Gasteiger partial charge is 0.254 e. The molecule has 0 fully saturated rings. The Bertz CT molecular complexity index is 652. The number of rotatable bonds is 3. The van der Waals surface area contributed by atoms with Crippen molar-refractivity contribution in [2.45, 2.75) is 19.9 Å². The Morgan fingerprint density at radius 1 is 1.19 bits per heavy atom. The molecule has 2 rings (SSSR count). The Morgan fingerprint density at radius 2 is 1.81 bits per heavy atom. The standard InChI is InChI=1S/C17H19FN2O/c1-11-4-9-15(19)10-16(11)17(21)20(3)12(2)13-5-7-14(18)8-6-13/h4-10,12H,19H2,1-3H3. The van der Waals surface area contributed by atoms with Crippen molar-refractivity contribution in [1.29, 1.82) is 0 Å². The Kier molecular flexibility index (Phi) is 4.26. The zero-order valence-electron chi connectivity index (χ0n) is 12.4. The maximum absolute atomic E-state index is 13.0. The van der Waals surface area contributed by atoms with Crippen LogP contribution in [0.5, 0.6) is 0 Å². The van der Waals surface area contributed by atoms with Gasteiger partial charge in [-0.15, -0.1) is 0 Å². The number of nitrogen functional groups attached to an aromatic ring is 1. The summed E-state index contributed by atoms with van der Waals surface area (Å²) in [6, 6.07) is 11.3. The van der Waals surface area contributed by atoms with Crippen LogP contribution in [0.1, 0.15) is 34.5 Å². The quantitative estimate of drug-likeness (QED) is 0.877. The van der Waals surface area contributed by atoms with Crippen molar-refractivity contribution in [1.82, 2.24) is 4.90 Å². The van der Waals surface area contributed by atoms with Crippen LogP contribution in [-0.2, 0) is 0 Å². The van der Waals surface area contributed by atoms with Gasteiger partial charge >= 0.3 is 0 Å². The highest BCUT2D eigenvalue weighted by atomic mass is 19.1. The molecular formula is C17H19FN2O. The molecule has 1 atom stereocenters. The number of nitrogens with two attached hydrogens (primary N) is 1. The van der Waals surface area contributed by atoms with Gasteiger partial charge in [0.15, 0.2) is 0 Å². The van der Waals surface area contributed by atoms with Gasteiger partial charge in [0.1, 0.15) is 5.82 Å². The molecule has 0 radical (unpaired) electrons. The minimum atomic E-state index is -0.286. The van der Waals surface area contributed by atoms with Gasteiger partial charge in [0.25, 0.3) is 5.91 Å². The monoisotopic (exact) mass is 286 g/mol. The van der Waals surface area contributed by atoms with E-state index in [0.29, 0.717) is 11.3 Å². The van der Waals surface area contributed by atoms with E-state index < -0.39 is 0 Å². The predicted octanol–water partition coefficient (Wildman–Crippen LogP) is 3.55. The number of hydrogen-bond acceptors (Lipinski definition) is 2. The van der Waals surface area contributed by atoms with Gasteiger partial charge in [-0.05, 0) is 49.2 Å². The van der Waals surface area contributed by atoms with E-state index >= 15 is 0 Å². The lowest BCUT2D eigenvalue weighted by Crippen LogP contribution is -2.30. The third-order valence-electron chi connectivity index (χ3n) is 3.75. The molecular weight excluding hydrogens is 267 g/mol. The van der Waals surface area contributed by atoms with Gasteiger partial charge in [-0.1, -0.05) is 18.2 Å². The van der Waals surface area contributed by atoms with Crippen molar-refractivity contribution in [2.75, 3.05) is 12.8 Å². The number of aryl methyl sites for hydroxylation is 1. The minimum absolute atomic E-state index is 0.100. The van der Waals surface area contributed by atoms with Gasteiger partial charge < -0.3 is 10.6 Å². The summed E-state index contributed by atoms with van der Waals surface area (Å²) in [5.74, 6) is -0.386. The number of carbonyl (C=O) groups excluding carboxylic acids is 1. The zero-order chi connectivity index (χ0) is 15.6. The molecule has 0 aliphatic carbocycles. The maximum Gasteiger partial charge on any atom is 0.254 e. The number of benzene rings is 2. The average Bonchev–Trinajstić information content (AvgIpc) is 2.48. The molecule has 2 aromatic carbocycles. The third-order valence-corrected chi connectivity index (χ3v) is 3.75. The Morgan fingerprint density at radius 3 is 2.43 bits per heavy atom. The molecule has 0 bridgehead atoms. The van der Waals surface area contributed by atoms with Crippen LogP contribution in [0.25, 0.3) is 0 Å². The highest BCUT2D eigenvalue weighted by Crippen LogP contribution is 2.23. The predicted molar refractivity (Wildman–Crippen MR) is 82.5 cm³/mol. The van der Waals surface area contributed by atoms with E-state index in [9.17, 15) is 9.18 Å². The number of anilines is 1. The highest BCUT2D eigenvalue weighted by molar-refractivity contribution is 5.96. The van der Waals surface area contributed by atoms with E-state index in [2.05, 4.69) is 0 Å². The molecule has 1 unspecified atom stereocenters. The molecule has 4 heteroatoms. The second-order valence-corrected chi connectivity index (χ2v) is 5.22. The highest BCUT2D eigenvalue weighted by Gasteiger charge is 2.20. The van der Waals surface area contributed by atoms with Crippen LogP contribution in [0.15, 0.2) is 42.5 Å². The first-order valence-electron chi connectivity index (χ1n) is 6.79. The molecule has 0 aromatic heterocycles. The van der Waals surface area contributed by atoms with Crippen LogP contribution in [0.2, 0.25) is 0 Å². The van der Waals surface area contributed by atoms with Crippen LogP contribution in [-0.4, -0.2) is 17.9 Å². The second-order valence-electron chi connectivity index (χ2n) is 5.22. The summed E-state index contributed by atoms with van der Waals surface area (Å²) in [4.78, 5) is 14.2. The lowest BCUT2D eigenvalue weighted by molar-refractivity contribution is 0.0742. The molecule has 3 nitrogen and oxygen atoms in total. The van der Waals surface area contributed by atoms with Crippen molar-refractivity contribution in [3.8, 4) is 0 Å². The van der Waals surface area contributed by atoms with Crippen molar-refractivity contribution >= 4 is 11.6 Å². The summed E-state index contributed by atoms with van der Waals surface area (Å²) in [6.07, 6.45) is 0. The summed E-state index contributed by atoms with van der Waals surface area (Å²) in [5, 5.41) is 0. The summed E-state index contributed by atoms with van der Waals surface area (Å²) in [6.45, 7) is 3.79. The summed E-state index contributed by atoms with van der Waals surface area (Å²) >= 11 is 0. The van der Waals surface area contributed by atoms with Gasteiger partial charge in [-0.3, -0.25) is 4.79 Å². The van der Waals surface area contributed by atoms with Crippen LogP contribution in [0, 0.1) is 12.7 Å². The molecule has 0 spiro atoms. The molecule has 21 heavy (non-hydrogen) atoms. The van der Waals surface area contributed by atoms with Crippen LogP contribution in [0.3, 0.4) is 0 Å². The van der Waals surface area contributed by atoms with E-state index in [1.807, 2.05) is 19.9 Å². The zero-order valence-corrected chi connectivity index (χ0v) is 12.4. The van der Waals surface area contributed by atoms with Crippen molar-refractivity contribution in [2.24, 2.45) is 0 Å². The molecule has 2 aromatic rings. The first-order chi connectivity index (χ1) is 9.90. The van der Waals surface area contributed by atoms with Crippen LogP contribution < -0.4 is 5.73 Å². The van der Waals surface area contributed by atoms with E-state index in [1.165, 1.54) is 12.1 Å². The molecule has 0 heterocycles. The Labute approximate surface area is 124 Å². The van der Waals surface area contributed by atoms with Crippen LogP contribution in [0.4, 0.5) is 10.1 Å². The lowest BCUT2D eigenvalue weighted by atomic mass is 10.0. The molecule has 0 aliphatic rings. The third kappa shape index (κ3) is 3.21. The molecule has 1 amide bonds. The average molecular weight is 286 g/mol. The number of carbonyl (C=O) groups is 1. The fraction of sp³-hybridized carbons (Fsp3) is 0.235. The molecule has 0 saturated heterocycles. The van der Waals surface area contributed by atoms with E-state index in [0.717, 1.165) is 11.1 Å². The summed E-state index contributed by atoms with van der Waals surface area (Å²) in [7, 11) is 1.74. The maximum atomic E-state index is 13.0. The first kappa shape index (κ1) is 15.0. The van der Waals surface area contributed by atoms with Gasteiger partial charge in [0.05, 0.1) is 6.04 Å². The Hall–Kier alpha value is -2.36. The Balaban J connectivity index is 2.26. The molecule has 0 aliphatic heterocycles. The van der Waals surface area contributed by atoms with Crippen molar-refractivity contribution < 1.29 is 9.18 Å². The van der Waals surface area contributed by atoms with Crippen molar-refractivity contribution in [3.63, 3.8) is 0 Å². The largest absolute Gasteiger partial charge is 0.399 e. The number of nitrogens with zero attached hydrogens (tertiary/aromatic N) is 1. The number of halogens is 1. The number of hydrogen-bond donors (Lipinski definition) is 1. The van der Waals surface area contributed by atoms with Crippen molar-refractivity contribution in [3.05, 3.63) is 65.0 Å². The van der Waals surface area contributed by atoms with Gasteiger partial charge in [0.2, 0.25) is 0 Å². The fourth-order valence-corrected chi connectivity index (χ4v) is 2.20. The summed E-state index contributed by atoms with van der Waals surface area (Å²) in [5.41, 5.74) is 8.67. The second kappa shape index (κ2) is 5.95. The lowest BCUT2D eigenvalue weighted by Gasteiger charge is -2.26. The van der Waals surface area contributed by atoms with Gasteiger partial charge in [0, 0.05) is 18.3 Å². The van der Waals surface area contributed by atoms with Gasteiger partial charge in [-0.25, -0.2) is 4.39 Å². The van der Waals surface area contributed by atoms with Gasteiger partial charge in [-0.2, -0.15) is 0 Å². The fourth-order valence-electron chi connectivity index (χ4n) is 2.20. The summed E-state index contributed by atoms with van der Waals surface area (Å²) < 4.78 is 13.0. The van der Waals surface area contributed by atoms with E-state index in [4.69, 9.17) is 5.73 Å². The number of amides is 1. The molecule has 110 valence electrons. The SMILES string of the molecule is Cc1ccc(N)cc1C(=O)N(C)C(C)c1ccc(F)cc1. The van der Waals surface area contributed by atoms with E-state index in [-0.39, 0.29) is 17.8 Å². The first-order valence-corrected chi connectivity index (χ1v) is 6.79. The van der Waals surface area contributed by atoms with E-state index in [1.54, 1.807) is 36.2 Å². The minimum Gasteiger partial charge on any atom is -0.399 e. The molecule has 0 saturated carbocycles. The van der Waals surface area contributed by atoms with Crippen LogP contribution >= 0.6 is 0 Å².